The molecule has 0 amide bonds. The molecule has 0 aliphatic carbocycles. The molecule has 580 valence electrons. The van der Waals surface area contributed by atoms with E-state index in [0.717, 1.165) is 0 Å². The van der Waals surface area contributed by atoms with Crippen molar-refractivity contribution in [1.82, 2.24) is 0 Å². The molecule has 0 spiro atoms. The standard InChI is InChI=1S/C30H56O15P3.C15H28O9P2.C15H29O7P.4Y/c1-15-19(5)40-24(27(15)35-10)12-36-46(31)44-29-17(3)21(7)42-26(29)14-38-48(33)45-30-18(4)22(8)41-25(30)13-37-47(32)43-28-16(2)20(6)39-23(28)11-34-9;1-8-10(3)22-13(14(8)23-25(16)17)7-20-26(18)24-15-9(2)11(4)21-12(15)6-19-5;1-8-10(3)21-13(14(8)18-5)7-19-23(17)22-15-9(2)11(4)20-12(15)6-16;;;;/h15-30,46-47H,11-14H2,1-10H3;8-15,26H,6-7H2,1-5H3;8-16,23H,6-7H2,1-5H3;;;;/q+1;;;;;;/p+1/t15?,16?,17?,18?,19-,20-,21-,22-,23+,24+,25+,26+,27+,28+,29+,30+;2*8?,9?,10-,11-,12+,13+,14+,15+;;;;/m000..../s1. The van der Waals surface area contributed by atoms with Crippen LogP contribution in [0.5, 0.6) is 0 Å². The largest absolute Gasteiger partial charge is 0.697 e. The maximum Gasteiger partial charge on any atom is 0.697 e. The molecule has 0 bridgehead atoms. The third-order valence-corrected chi connectivity index (χ3v) is 25.3. The van der Waals surface area contributed by atoms with E-state index in [9.17, 15) is 32.5 Å². The normalized spacial score (nSPS) is 42.5. The molecule has 0 aromatic heterocycles. The van der Waals surface area contributed by atoms with Gasteiger partial charge in [-0.2, -0.15) is 0 Å². The Morgan fingerprint density at radius 1 is 0.317 bits per heavy atom. The molecular weight excluding hydrogens is 1760 g/mol. The Morgan fingerprint density at radius 3 is 0.792 bits per heavy atom. The van der Waals surface area contributed by atoms with E-state index in [1.165, 1.54) is 0 Å². The number of aliphatic hydroxyl groups excluding tert-OH is 1. The van der Waals surface area contributed by atoms with Crippen LogP contribution in [0.2, 0.25) is 0 Å². The summed E-state index contributed by atoms with van der Waals surface area (Å²) in [6.45, 7) is 31.4. The summed E-state index contributed by atoms with van der Waals surface area (Å²) in [6, 6.07) is 0. The van der Waals surface area contributed by atoms with Gasteiger partial charge in [-0.15, -0.1) is 18.5 Å². The first-order chi connectivity index (χ1) is 45.9. The molecule has 101 heavy (non-hydrogen) atoms. The van der Waals surface area contributed by atoms with Crippen LogP contribution >= 0.6 is 49.5 Å². The average Bonchev–Trinajstić information content (AvgIpc) is 1.72. The SMILES string of the molecule is COC[C@H]1O[C@@H](C)C(C)[C@H]1O[PH](=O)OC[C@H]1O[C@@H](C)C(C)[C@H]1O[P+](=O)O.COC[C@H]1O[C@@H](C)C(C)[C@H]1O[PH](=O)OC[C@H]1O[C@@H](C)C(C)[C@H]1O[P+](=O)OC[C@H]1O[C@@H](C)C(C)[C@H]1O[PH](=O)OC[C@H]1O[C@@H](C)C(C)[C@H]1OC.CO[C@@H]1C(C)[C@H](C)O[C@@H]1CO[PH](=O)O[C@@H]1C(C)[C@H](C)O[C@@H]1CO.[Y].[Y].[Y].[Y]. The van der Waals surface area contributed by atoms with E-state index in [4.69, 9.17) is 111 Å². The summed E-state index contributed by atoms with van der Waals surface area (Å²) in [5.74, 6) is 0.127. The van der Waals surface area contributed by atoms with Crippen LogP contribution in [0.4, 0.5) is 0 Å². The molecule has 0 saturated carbocycles. The van der Waals surface area contributed by atoms with E-state index in [1.807, 2.05) is 104 Å². The molecule has 4 radical (unpaired) electrons. The number of ether oxygens (including phenoxy) is 12. The second-order valence-electron chi connectivity index (χ2n) is 26.9. The predicted octanol–water partition coefficient (Wildman–Crippen LogP) is 8.91. The van der Waals surface area contributed by atoms with Gasteiger partial charge >= 0.3 is 49.5 Å². The summed E-state index contributed by atoms with van der Waals surface area (Å²) in [4.78, 5) is 9.02. The van der Waals surface area contributed by atoms with Crippen LogP contribution in [0.15, 0.2) is 0 Å². The Morgan fingerprint density at radius 2 is 0.535 bits per heavy atom. The maximum absolute atomic E-state index is 13.0. The summed E-state index contributed by atoms with van der Waals surface area (Å²) in [5.41, 5.74) is 0. The molecule has 41 heteroatoms. The second-order valence-corrected chi connectivity index (χ2v) is 32.6. The molecule has 0 aromatic carbocycles. The van der Waals surface area contributed by atoms with E-state index in [2.05, 4.69) is 6.92 Å². The van der Waals surface area contributed by atoms with E-state index in [0.29, 0.717) is 13.2 Å². The Balaban J connectivity index is 0.000000554. The summed E-state index contributed by atoms with van der Waals surface area (Å²) >= 11 is 0. The van der Waals surface area contributed by atoms with Crippen molar-refractivity contribution < 1.29 is 275 Å². The van der Waals surface area contributed by atoms with Crippen molar-refractivity contribution in [3.8, 4) is 0 Å². The predicted molar refractivity (Wildman–Crippen MR) is 353 cm³/mol. The van der Waals surface area contributed by atoms with Gasteiger partial charge in [0.1, 0.15) is 92.1 Å². The topological polar surface area (TPSA) is 355 Å². The summed E-state index contributed by atoms with van der Waals surface area (Å²) in [7, 11) is -10.3. The number of aliphatic hydroxyl groups is 1. The molecule has 14 unspecified atom stereocenters. The van der Waals surface area contributed by atoms with Crippen molar-refractivity contribution in [2.24, 2.45) is 47.3 Å². The van der Waals surface area contributed by atoms with Gasteiger partial charge in [-0.3, -0.25) is 18.3 Å². The molecule has 8 rings (SSSR count). The van der Waals surface area contributed by atoms with Crippen LogP contribution in [-0.4, -0.2) is 238 Å². The molecule has 8 saturated heterocycles. The zero-order valence-electron chi connectivity index (χ0n) is 62.1. The van der Waals surface area contributed by atoms with Crippen molar-refractivity contribution in [2.45, 2.75) is 257 Å². The minimum absolute atomic E-state index is 0. The molecule has 38 atom stereocenters. The van der Waals surface area contributed by atoms with Gasteiger partial charge in [0.15, 0.2) is 0 Å². The Bertz CT molecular complexity index is 2510. The Hall–Kier alpha value is 4.54. The van der Waals surface area contributed by atoms with E-state index in [1.54, 1.807) is 28.4 Å². The molecule has 8 heterocycles. The van der Waals surface area contributed by atoms with Crippen molar-refractivity contribution >= 4 is 49.5 Å². The van der Waals surface area contributed by atoms with Gasteiger partial charge in [-0.1, -0.05) is 55.4 Å². The quantitative estimate of drug-likeness (QED) is 0.0567. The minimum Gasteiger partial charge on any atom is -0.394 e. The third kappa shape index (κ3) is 29.3. The molecule has 8 fully saturated rings. The number of rotatable bonds is 34. The van der Waals surface area contributed by atoms with Gasteiger partial charge in [0.25, 0.3) is 0 Å². The number of hydrogen-bond acceptors (Lipinski definition) is 30. The van der Waals surface area contributed by atoms with Crippen molar-refractivity contribution in [3.05, 3.63) is 0 Å². The zero-order valence-corrected chi connectivity index (χ0v) is 79.2. The molecule has 2 N–H and O–H groups in total. The third-order valence-electron chi connectivity index (χ3n) is 20.7. The summed E-state index contributed by atoms with van der Waals surface area (Å²) < 4.78 is 203. The van der Waals surface area contributed by atoms with E-state index >= 15 is 0 Å². The first-order valence-electron chi connectivity index (χ1n) is 33.7. The monoisotopic (exact) mass is 1870 g/mol. The Kier molecular flexibility index (Phi) is 50.4. The summed E-state index contributed by atoms with van der Waals surface area (Å²) in [5, 5.41) is 9.34. The maximum atomic E-state index is 13.0. The summed E-state index contributed by atoms with van der Waals surface area (Å²) in [6.07, 6.45) is -7.78. The minimum atomic E-state index is -2.93. The fraction of sp³-hybridized carbons (Fsp3) is 1.00. The van der Waals surface area contributed by atoms with Crippen LogP contribution in [0.1, 0.15) is 111 Å². The molecule has 8 aliphatic rings. The smallest absolute Gasteiger partial charge is 0.394 e. The van der Waals surface area contributed by atoms with E-state index in [-0.39, 0.29) is 303 Å². The first-order valence-corrected chi connectivity index (χ1v) is 40.8. The van der Waals surface area contributed by atoms with E-state index < -0.39 is 111 Å². The Labute approximate surface area is 702 Å². The molecule has 8 aliphatic heterocycles. The average molecular weight is 1870 g/mol. The number of hydrogen-bond donors (Lipinski definition) is 2. The first kappa shape index (κ1) is 102. The van der Waals surface area contributed by atoms with Crippen molar-refractivity contribution in [1.29, 1.82) is 0 Å². The van der Waals surface area contributed by atoms with Gasteiger partial charge in [0, 0.05) is 216 Å². The van der Waals surface area contributed by atoms with Crippen LogP contribution in [-0.2, 0) is 265 Å². The van der Waals surface area contributed by atoms with Crippen molar-refractivity contribution in [2.75, 3.05) is 81.3 Å². The number of methoxy groups -OCH3 is 4. The molecule has 0 aromatic rings. The van der Waals surface area contributed by atoms with Crippen LogP contribution in [0.3, 0.4) is 0 Å². The van der Waals surface area contributed by atoms with Gasteiger partial charge in [-0.05, 0) is 55.4 Å². The van der Waals surface area contributed by atoms with Crippen LogP contribution in [0, 0.1) is 47.3 Å². The zero-order chi connectivity index (χ0) is 71.9. The second kappa shape index (κ2) is 50.1. The van der Waals surface area contributed by atoms with Crippen molar-refractivity contribution in [3.63, 3.8) is 0 Å². The van der Waals surface area contributed by atoms with Gasteiger partial charge in [0.05, 0.1) is 107 Å². The molecule has 31 nitrogen and oxygen atoms in total. The van der Waals surface area contributed by atoms with Gasteiger partial charge in [0.2, 0.25) is 0 Å². The van der Waals surface area contributed by atoms with Crippen LogP contribution in [0.25, 0.3) is 0 Å². The van der Waals surface area contributed by atoms with Gasteiger partial charge < -0.3 is 98.1 Å². The van der Waals surface area contributed by atoms with Crippen LogP contribution < -0.4 is 0 Å². The fourth-order valence-corrected chi connectivity index (χ4v) is 18.6. The van der Waals surface area contributed by atoms with Gasteiger partial charge in [-0.25, -0.2) is 0 Å². The fourth-order valence-electron chi connectivity index (χ4n) is 13.4. The molecular formula is C60H114O31P6Y4+2.